The topological polar surface area (TPSA) is 55.1 Å². The Hall–Kier alpha value is -2.24. The Morgan fingerprint density at radius 2 is 1.83 bits per heavy atom. The molecule has 3 rings (SSSR count). The number of carboxylic acid groups (broad SMARTS) is 1. The largest absolute Gasteiger partial charge is 0.480 e. The summed E-state index contributed by atoms with van der Waals surface area (Å²) in [5.41, 5.74) is 3.35. The number of benzene rings is 2. The fraction of sp³-hybridized carbons (Fsp3) is 0.111. The molecular weight excluding hydrogens is 344 g/mol. The van der Waals surface area contributed by atoms with E-state index >= 15 is 0 Å². The summed E-state index contributed by atoms with van der Waals surface area (Å²) in [5.74, 6) is -0.951. The number of aromatic nitrogens is 2. The zero-order chi connectivity index (χ0) is 17.1. The average molecular weight is 359 g/mol. The third kappa shape index (κ3) is 3.63. The van der Waals surface area contributed by atoms with E-state index < -0.39 is 11.2 Å². The van der Waals surface area contributed by atoms with Crippen LogP contribution in [-0.2, 0) is 11.2 Å². The van der Waals surface area contributed by atoms with Gasteiger partial charge in [-0.15, -0.1) is 0 Å². The van der Waals surface area contributed by atoms with E-state index in [2.05, 4.69) is 17.7 Å². The molecule has 3 aromatic rings. The van der Waals surface area contributed by atoms with Crippen LogP contribution in [-0.4, -0.2) is 26.1 Å². The molecule has 6 heteroatoms. The maximum atomic E-state index is 11.2. The smallest absolute Gasteiger partial charge is 0.316 e. The number of aliphatic carboxylic acids is 1. The van der Waals surface area contributed by atoms with Gasteiger partial charge in [0.25, 0.3) is 0 Å². The molecule has 4 nitrogen and oxygen atoms in total. The molecule has 0 fully saturated rings. The van der Waals surface area contributed by atoms with Crippen molar-refractivity contribution in [3.8, 4) is 16.9 Å². The van der Waals surface area contributed by atoms with Gasteiger partial charge in [-0.3, -0.25) is 4.79 Å². The van der Waals surface area contributed by atoms with E-state index in [-0.39, 0.29) is 6.42 Å². The molecule has 1 atom stereocenters. The zero-order valence-corrected chi connectivity index (χ0v) is 14.3. The van der Waals surface area contributed by atoms with Gasteiger partial charge in [0.05, 0.1) is 11.4 Å². The van der Waals surface area contributed by atoms with E-state index in [1.807, 2.05) is 48.7 Å². The van der Waals surface area contributed by atoms with E-state index in [1.54, 1.807) is 16.8 Å². The van der Waals surface area contributed by atoms with E-state index in [0.29, 0.717) is 5.02 Å². The number of hydrogen-bond donors (Lipinski definition) is 2. The standard InChI is InChI=1S/C18H15ClN2O2S/c19-14-8-6-12(7-9-14)17-13(10-16(24)18(22)23)11-21(20-17)15-4-2-1-3-5-15/h1-9,11,16,24H,10H2,(H,22,23). The van der Waals surface area contributed by atoms with Crippen LogP contribution >= 0.6 is 24.2 Å². The zero-order valence-electron chi connectivity index (χ0n) is 12.6. The highest BCUT2D eigenvalue weighted by Crippen LogP contribution is 2.27. The molecule has 0 saturated carbocycles. The molecule has 122 valence electrons. The van der Waals surface area contributed by atoms with Crippen molar-refractivity contribution in [1.29, 1.82) is 0 Å². The molecular formula is C18H15ClN2O2S. The second-order valence-electron chi connectivity index (χ2n) is 5.35. The number of thiol groups is 1. The van der Waals surface area contributed by atoms with Crippen LogP contribution in [0.5, 0.6) is 0 Å². The van der Waals surface area contributed by atoms with Crippen LogP contribution in [0.4, 0.5) is 0 Å². The van der Waals surface area contributed by atoms with Gasteiger partial charge >= 0.3 is 5.97 Å². The highest BCUT2D eigenvalue weighted by atomic mass is 35.5. The lowest BCUT2D eigenvalue weighted by Crippen LogP contribution is -2.16. The van der Waals surface area contributed by atoms with Crippen molar-refractivity contribution in [3.05, 3.63) is 71.4 Å². The van der Waals surface area contributed by atoms with Crippen LogP contribution in [0, 0.1) is 0 Å². The van der Waals surface area contributed by atoms with Crippen molar-refractivity contribution in [1.82, 2.24) is 9.78 Å². The summed E-state index contributed by atoms with van der Waals surface area (Å²) in [6.45, 7) is 0. The van der Waals surface area contributed by atoms with E-state index in [9.17, 15) is 4.79 Å². The average Bonchev–Trinajstić information content (AvgIpc) is 3.00. The first-order valence-electron chi connectivity index (χ1n) is 7.35. The SMILES string of the molecule is O=C(O)C(S)Cc1cn(-c2ccccc2)nc1-c1ccc(Cl)cc1. The Morgan fingerprint density at radius 1 is 1.17 bits per heavy atom. The fourth-order valence-corrected chi connectivity index (χ4v) is 2.74. The molecule has 2 aromatic carbocycles. The van der Waals surface area contributed by atoms with Gasteiger partial charge in [-0.05, 0) is 30.7 Å². The molecule has 0 radical (unpaired) electrons. The Labute approximate surface area is 150 Å². The van der Waals surface area contributed by atoms with Gasteiger partial charge < -0.3 is 5.11 Å². The Kier molecular flexibility index (Phi) is 4.92. The Balaban J connectivity index is 2.06. The number of rotatable bonds is 5. The van der Waals surface area contributed by atoms with Gasteiger partial charge in [0.1, 0.15) is 5.25 Å². The lowest BCUT2D eigenvalue weighted by molar-refractivity contribution is -0.136. The summed E-state index contributed by atoms with van der Waals surface area (Å²) < 4.78 is 1.75. The van der Waals surface area contributed by atoms with Crippen molar-refractivity contribution < 1.29 is 9.90 Å². The number of para-hydroxylation sites is 1. The van der Waals surface area contributed by atoms with Crippen molar-refractivity contribution in [2.24, 2.45) is 0 Å². The third-order valence-corrected chi connectivity index (χ3v) is 4.28. The predicted molar refractivity (Wildman–Crippen MR) is 98.1 cm³/mol. The summed E-state index contributed by atoms with van der Waals surface area (Å²) in [7, 11) is 0. The highest BCUT2D eigenvalue weighted by Gasteiger charge is 2.19. The van der Waals surface area contributed by atoms with E-state index in [4.69, 9.17) is 16.7 Å². The van der Waals surface area contributed by atoms with Crippen molar-refractivity contribution in [3.63, 3.8) is 0 Å². The van der Waals surface area contributed by atoms with Crippen LogP contribution in [0.1, 0.15) is 5.56 Å². The first-order chi connectivity index (χ1) is 11.5. The van der Waals surface area contributed by atoms with Crippen molar-refractivity contribution in [2.45, 2.75) is 11.7 Å². The third-order valence-electron chi connectivity index (χ3n) is 3.63. The molecule has 1 unspecified atom stereocenters. The van der Waals surface area contributed by atoms with Gasteiger partial charge in [0, 0.05) is 22.3 Å². The molecule has 1 N–H and O–H groups in total. The molecule has 1 aromatic heterocycles. The Bertz CT molecular complexity index is 847. The second-order valence-corrected chi connectivity index (χ2v) is 6.41. The fourth-order valence-electron chi connectivity index (χ4n) is 2.42. The number of carboxylic acids is 1. The maximum absolute atomic E-state index is 11.2. The number of carbonyl (C=O) groups is 1. The molecule has 0 aliphatic carbocycles. The minimum Gasteiger partial charge on any atom is -0.480 e. The van der Waals surface area contributed by atoms with E-state index in [1.165, 1.54) is 0 Å². The molecule has 0 aliphatic rings. The maximum Gasteiger partial charge on any atom is 0.316 e. The van der Waals surface area contributed by atoms with Crippen LogP contribution in [0.3, 0.4) is 0 Å². The normalized spacial score (nSPS) is 12.1. The summed E-state index contributed by atoms with van der Waals surface area (Å²) in [5, 5.41) is 13.6. The summed E-state index contributed by atoms with van der Waals surface area (Å²) in [6.07, 6.45) is 2.13. The lowest BCUT2D eigenvalue weighted by Gasteiger charge is -2.05. The minimum absolute atomic E-state index is 0.281. The van der Waals surface area contributed by atoms with Crippen LogP contribution in [0.15, 0.2) is 60.8 Å². The van der Waals surface area contributed by atoms with Crippen molar-refractivity contribution in [2.75, 3.05) is 0 Å². The first-order valence-corrected chi connectivity index (χ1v) is 8.25. The summed E-state index contributed by atoms with van der Waals surface area (Å²) in [6, 6.07) is 17.0. The predicted octanol–water partition coefficient (Wildman–Crippen LogP) is 4.12. The second kappa shape index (κ2) is 7.11. The molecule has 0 spiro atoms. The number of hydrogen-bond acceptors (Lipinski definition) is 3. The molecule has 24 heavy (non-hydrogen) atoms. The van der Waals surface area contributed by atoms with Crippen LogP contribution in [0.25, 0.3) is 16.9 Å². The molecule has 1 heterocycles. The van der Waals surface area contributed by atoms with Gasteiger partial charge in [0.2, 0.25) is 0 Å². The quantitative estimate of drug-likeness (QED) is 0.674. The highest BCUT2D eigenvalue weighted by molar-refractivity contribution is 7.81. The summed E-state index contributed by atoms with van der Waals surface area (Å²) in [4.78, 5) is 11.2. The van der Waals surface area contributed by atoms with E-state index in [0.717, 1.165) is 22.5 Å². The van der Waals surface area contributed by atoms with Crippen molar-refractivity contribution >= 4 is 30.2 Å². The monoisotopic (exact) mass is 358 g/mol. The van der Waals surface area contributed by atoms with Gasteiger partial charge in [-0.1, -0.05) is 41.9 Å². The Morgan fingerprint density at radius 3 is 2.46 bits per heavy atom. The lowest BCUT2D eigenvalue weighted by atomic mass is 10.0. The molecule has 0 aliphatic heterocycles. The number of halogens is 1. The molecule has 0 saturated heterocycles. The molecule has 0 amide bonds. The van der Waals surface area contributed by atoms with Crippen LogP contribution in [0.2, 0.25) is 5.02 Å². The number of nitrogens with zero attached hydrogens (tertiary/aromatic N) is 2. The van der Waals surface area contributed by atoms with Gasteiger partial charge in [-0.25, -0.2) is 4.68 Å². The van der Waals surface area contributed by atoms with Gasteiger partial charge in [0.15, 0.2) is 0 Å². The summed E-state index contributed by atoms with van der Waals surface area (Å²) >= 11 is 10.1. The molecule has 0 bridgehead atoms. The van der Waals surface area contributed by atoms with Gasteiger partial charge in [-0.2, -0.15) is 17.7 Å². The van der Waals surface area contributed by atoms with Crippen LogP contribution < -0.4 is 0 Å². The minimum atomic E-state index is -0.951. The first kappa shape index (κ1) is 16.6.